The second-order valence-corrected chi connectivity index (χ2v) is 4.67. The second kappa shape index (κ2) is 5.87. The average molecular weight is 247 g/mol. The molecule has 1 amide bonds. The fourth-order valence-corrected chi connectivity index (χ4v) is 2.52. The van der Waals surface area contributed by atoms with Gasteiger partial charge in [-0.25, -0.2) is 0 Å². The predicted octanol–water partition coefficient (Wildman–Crippen LogP) is 0.903. The van der Waals surface area contributed by atoms with Crippen LogP contribution in [0.1, 0.15) is 18.9 Å². The van der Waals surface area contributed by atoms with Gasteiger partial charge in [-0.2, -0.15) is 0 Å². The van der Waals surface area contributed by atoms with Crippen molar-refractivity contribution >= 4 is 11.6 Å². The van der Waals surface area contributed by atoms with E-state index in [0.717, 1.165) is 32.5 Å². The van der Waals surface area contributed by atoms with Crippen LogP contribution in [0.3, 0.4) is 0 Å². The van der Waals surface area contributed by atoms with Gasteiger partial charge in [-0.1, -0.05) is 25.1 Å². The van der Waals surface area contributed by atoms with Gasteiger partial charge in [0.2, 0.25) is 5.91 Å². The fourth-order valence-electron chi connectivity index (χ4n) is 2.52. The number of anilines is 1. The van der Waals surface area contributed by atoms with Gasteiger partial charge in [0, 0.05) is 18.8 Å². The number of rotatable bonds is 6. The molecule has 1 atom stereocenters. The van der Waals surface area contributed by atoms with Gasteiger partial charge in [-0.05, 0) is 31.0 Å². The van der Waals surface area contributed by atoms with Crippen LogP contribution >= 0.6 is 0 Å². The van der Waals surface area contributed by atoms with Gasteiger partial charge in [0.15, 0.2) is 0 Å². The number of primary amides is 1. The minimum atomic E-state index is -0.260. The van der Waals surface area contributed by atoms with Crippen LogP contribution in [0.15, 0.2) is 24.3 Å². The lowest BCUT2D eigenvalue weighted by Gasteiger charge is -2.22. The third-order valence-corrected chi connectivity index (χ3v) is 3.47. The molecule has 1 heterocycles. The molecule has 1 aliphatic heterocycles. The number of benzene rings is 1. The molecule has 0 spiro atoms. The Balaban J connectivity index is 1.93. The summed E-state index contributed by atoms with van der Waals surface area (Å²) in [5.41, 5.74) is 8.08. The smallest absolute Gasteiger partial charge is 0.234 e. The van der Waals surface area contributed by atoms with E-state index in [1.165, 1.54) is 11.3 Å². The van der Waals surface area contributed by atoms with E-state index in [4.69, 9.17) is 5.73 Å². The molecule has 1 aromatic carbocycles. The maximum absolute atomic E-state index is 11.3. The number of nitrogens with zero attached hydrogens (tertiary/aromatic N) is 1. The van der Waals surface area contributed by atoms with Gasteiger partial charge < -0.3 is 16.0 Å². The molecule has 0 saturated heterocycles. The van der Waals surface area contributed by atoms with Gasteiger partial charge in [0.1, 0.15) is 0 Å². The Labute approximate surface area is 108 Å². The van der Waals surface area contributed by atoms with E-state index >= 15 is 0 Å². The standard InChI is InChI=1S/C14H21N3O/c1-2-16-12(14(15)18)8-10-17-9-7-11-5-3-4-6-13(11)17/h3-6,12,16H,2,7-10H2,1H3,(H2,15,18). The summed E-state index contributed by atoms with van der Waals surface area (Å²) in [7, 11) is 0. The zero-order valence-electron chi connectivity index (χ0n) is 10.9. The van der Waals surface area contributed by atoms with Crippen LogP contribution < -0.4 is 16.0 Å². The highest BCUT2D eigenvalue weighted by Crippen LogP contribution is 2.27. The van der Waals surface area contributed by atoms with Crippen LogP contribution in [0.2, 0.25) is 0 Å². The summed E-state index contributed by atoms with van der Waals surface area (Å²) in [6, 6.07) is 8.24. The Kier molecular flexibility index (Phi) is 4.20. The molecule has 0 bridgehead atoms. The predicted molar refractivity (Wildman–Crippen MR) is 73.6 cm³/mol. The number of hydrogen-bond donors (Lipinski definition) is 2. The molecule has 1 unspecified atom stereocenters. The third kappa shape index (κ3) is 2.82. The summed E-state index contributed by atoms with van der Waals surface area (Å²) < 4.78 is 0. The van der Waals surface area contributed by atoms with Crippen LogP contribution in [0.25, 0.3) is 0 Å². The summed E-state index contributed by atoms with van der Waals surface area (Å²) in [6.07, 6.45) is 1.86. The number of hydrogen-bond acceptors (Lipinski definition) is 3. The zero-order chi connectivity index (χ0) is 13.0. The number of carbonyl (C=O) groups excluding carboxylic acids is 1. The Morgan fingerprint density at radius 3 is 3.00 bits per heavy atom. The molecule has 1 aliphatic rings. The summed E-state index contributed by atoms with van der Waals surface area (Å²) in [6.45, 7) is 4.67. The van der Waals surface area contributed by atoms with Crippen molar-refractivity contribution in [3.05, 3.63) is 29.8 Å². The Morgan fingerprint density at radius 2 is 2.28 bits per heavy atom. The van der Waals surface area contributed by atoms with Crippen molar-refractivity contribution in [2.75, 3.05) is 24.5 Å². The van der Waals surface area contributed by atoms with Crippen LogP contribution in [-0.2, 0) is 11.2 Å². The van der Waals surface area contributed by atoms with Crippen LogP contribution in [0, 0.1) is 0 Å². The van der Waals surface area contributed by atoms with Crippen molar-refractivity contribution in [1.29, 1.82) is 0 Å². The van der Waals surface area contributed by atoms with Crippen LogP contribution in [0.5, 0.6) is 0 Å². The molecular weight excluding hydrogens is 226 g/mol. The number of nitrogens with one attached hydrogen (secondary N) is 1. The van der Waals surface area contributed by atoms with E-state index in [0.29, 0.717) is 0 Å². The zero-order valence-corrected chi connectivity index (χ0v) is 10.9. The number of carbonyl (C=O) groups is 1. The number of likely N-dealkylation sites (N-methyl/N-ethyl adjacent to an activating group) is 1. The molecule has 4 heteroatoms. The quantitative estimate of drug-likeness (QED) is 0.785. The molecule has 0 aliphatic carbocycles. The van der Waals surface area contributed by atoms with Gasteiger partial charge in [-0.3, -0.25) is 4.79 Å². The first-order valence-electron chi connectivity index (χ1n) is 6.58. The van der Waals surface area contributed by atoms with E-state index < -0.39 is 0 Å². The third-order valence-electron chi connectivity index (χ3n) is 3.47. The molecule has 0 aromatic heterocycles. The highest BCUT2D eigenvalue weighted by molar-refractivity contribution is 5.79. The Hall–Kier alpha value is -1.55. The molecule has 3 N–H and O–H groups in total. The van der Waals surface area contributed by atoms with E-state index in [9.17, 15) is 4.79 Å². The largest absolute Gasteiger partial charge is 0.371 e. The maximum Gasteiger partial charge on any atom is 0.234 e. The summed E-state index contributed by atoms with van der Waals surface area (Å²) >= 11 is 0. The SMILES string of the molecule is CCNC(CCN1CCc2ccccc21)C(N)=O. The lowest BCUT2D eigenvalue weighted by molar-refractivity contribution is -0.120. The average Bonchev–Trinajstić information content (AvgIpc) is 2.77. The molecule has 98 valence electrons. The first kappa shape index (κ1) is 12.9. The van der Waals surface area contributed by atoms with E-state index in [1.807, 2.05) is 6.92 Å². The highest BCUT2D eigenvalue weighted by Gasteiger charge is 2.20. The maximum atomic E-state index is 11.3. The minimum absolute atomic E-state index is 0.220. The number of amides is 1. The number of nitrogens with two attached hydrogens (primary N) is 1. The topological polar surface area (TPSA) is 58.4 Å². The summed E-state index contributed by atoms with van der Waals surface area (Å²) in [5, 5.41) is 3.13. The van der Waals surface area contributed by atoms with Crippen molar-refractivity contribution in [1.82, 2.24) is 5.32 Å². The van der Waals surface area contributed by atoms with Gasteiger partial charge >= 0.3 is 0 Å². The first-order valence-corrected chi connectivity index (χ1v) is 6.58. The second-order valence-electron chi connectivity index (χ2n) is 4.67. The number of para-hydroxylation sites is 1. The molecule has 0 fully saturated rings. The van der Waals surface area contributed by atoms with E-state index in [-0.39, 0.29) is 11.9 Å². The van der Waals surface area contributed by atoms with Crippen molar-refractivity contribution in [2.24, 2.45) is 5.73 Å². The Bertz CT molecular complexity index is 419. The van der Waals surface area contributed by atoms with Gasteiger partial charge in [0.05, 0.1) is 6.04 Å². The lowest BCUT2D eigenvalue weighted by atomic mass is 10.1. The molecule has 18 heavy (non-hydrogen) atoms. The van der Waals surface area contributed by atoms with Crippen LogP contribution in [0.4, 0.5) is 5.69 Å². The summed E-state index contributed by atoms with van der Waals surface area (Å²) in [4.78, 5) is 13.6. The lowest BCUT2D eigenvalue weighted by Crippen LogP contribution is -2.43. The van der Waals surface area contributed by atoms with Crippen molar-refractivity contribution in [3.63, 3.8) is 0 Å². The van der Waals surface area contributed by atoms with Crippen molar-refractivity contribution in [3.8, 4) is 0 Å². The normalized spacial score (nSPS) is 15.5. The number of fused-ring (bicyclic) bond motifs is 1. The Morgan fingerprint density at radius 1 is 1.50 bits per heavy atom. The first-order chi connectivity index (χ1) is 8.72. The molecule has 1 aromatic rings. The fraction of sp³-hybridized carbons (Fsp3) is 0.500. The van der Waals surface area contributed by atoms with E-state index in [2.05, 4.69) is 34.5 Å². The van der Waals surface area contributed by atoms with Crippen molar-refractivity contribution < 1.29 is 4.79 Å². The van der Waals surface area contributed by atoms with Crippen molar-refractivity contribution in [2.45, 2.75) is 25.8 Å². The van der Waals surface area contributed by atoms with Gasteiger partial charge in [-0.15, -0.1) is 0 Å². The monoisotopic (exact) mass is 247 g/mol. The molecular formula is C14H21N3O. The molecule has 0 saturated carbocycles. The highest BCUT2D eigenvalue weighted by atomic mass is 16.1. The van der Waals surface area contributed by atoms with E-state index in [1.54, 1.807) is 0 Å². The molecule has 4 nitrogen and oxygen atoms in total. The van der Waals surface area contributed by atoms with Crippen LogP contribution in [-0.4, -0.2) is 31.6 Å². The minimum Gasteiger partial charge on any atom is -0.371 e. The summed E-state index contributed by atoms with van der Waals surface area (Å²) in [5.74, 6) is -0.260. The molecule has 0 radical (unpaired) electrons. The van der Waals surface area contributed by atoms with Gasteiger partial charge in [0.25, 0.3) is 0 Å². The molecule has 2 rings (SSSR count).